The van der Waals surface area contributed by atoms with E-state index in [-0.39, 0.29) is 18.4 Å². The largest absolute Gasteiger partial charge is 0.395 e. The zero-order valence-electron chi connectivity index (χ0n) is 12.4. The maximum Gasteiger partial charge on any atom is 0.231 e. The van der Waals surface area contributed by atoms with Gasteiger partial charge in [0.25, 0.3) is 0 Å². The molecule has 0 radical (unpaired) electrons. The van der Waals surface area contributed by atoms with E-state index < -0.39 is 0 Å². The number of nitrogens with zero attached hydrogens (tertiary/aromatic N) is 2. The number of nitrogens with two attached hydrogens (primary N) is 1. The van der Waals surface area contributed by atoms with E-state index in [0.717, 1.165) is 31.6 Å². The SMILES string of the molecule is NCC(C(=O)N1CCCN(CCO)CC1)c1ccccc1. The minimum absolute atomic E-state index is 0.120. The first-order chi connectivity index (χ1) is 10.3. The zero-order valence-corrected chi connectivity index (χ0v) is 12.4. The molecule has 1 fully saturated rings. The summed E-state index contributed by atoms with van der Waals surface area (Å²) in [7, 11) is 0. The van der Waals surface area contributed by atoms with Gasteiger partial charge in [-0.25, -0.2) is 0 Å². The van der Waals surface area contributed by atoms with E-state index >= 15 is 0 Å². The summed E-state index contributed by atoms with van der Waals surface area (Å²) in [4.78, 5) is 16.8. The van der Waals surface area contributed by atoms with Crippen LogP contribution in [-0.2, 0) is 4.79 Å². The van der Waals surface area contributed by atoms with E-state index in [2.05, 4.69) is 4.90 Å². The first kappa shape index (κ1) is 15.9. The minimum atomic E-state index is -0.254. The molecule has 1 aliphatic rings. The highest BCUT2D eigenvalue weighted by Gasteiger charge is 2.26. The van der Waals surface area contributed by atoms with Crippen molar-refractivity contribution in [1.82, 2.24) is 9.80 Å². The number of aliphatic hydroxyl groups is 1. The highest BCUT2D eigenvalue weighted by Crippen LogP contribution is 2.18. The van der Waals surface area contributed by atoms with E-state index in [1.54, 1.807) is 0 Å². The third-order valence-electron chi connectivity index (χ3n) is 4.05. The molecule has 2 rings (SSSR count). The molecule has 116 valence electrons. The van der Waals surface area contributed by atoms with Crippen molar-refractivity contribution >= 4 is 5.91 Å². The second-order valence-corrected chi connectivity index (χ2v) is 5.44. The Labute approximate surface area is 126 Å². The molecule has 21 heavy (non-hydrogen) atoms. The third-order valence-corrected chi connectivity index (χ3v) is 4.05. The van der Waals surface area contributed by atoms with Crippen LogP contribution < -0.4 is 5.73 Å². The summed E-state index contributed by atoms with van der Waals surface area (Å²) in [5.41, 5.74) is 6.82. The Hall–Kier alpha value is -1.43. The van der Waals surface area contributed by atoms with Crippen molar-refractivity contribution in [3.05, 3.63) is 35.9 Å². The van der Waals surface area contributed by atoms with Gasteiger partial charge in [0, 0.05) is 32.7 Å². The average molecular weight is 291 g/mol. The quantitative estimate of drug-likeness (QED) is 0.816. The number of benzene rings is 1. The van der Waals surface area contributed by atoms with E-state index in [1.165, 1.54) is 0 Å². The smallest absolute Gasteiger partial charge is 0.231 e. The van der Waals surface area contributed by atoms with Crippen molar-refractivity contribution in [1.29, 1.82) is 0 Å². The number of β-amino-alcohol motifs (C(OH)–C–C–N with tert-alkyl or cyclic N) is 1. The number of hydrogen-bond donors (Lipinski definition) is 2. The summed E-state index contributed by atoms with van der Waals surface area (Å²) in [6.45, 7) is 4.41. The molecule has 1 aromatic carbocycles. The molecule has 0 spiro atoms. The van der Waals surface area contributed by atoms with E-state index in [9.17, 15) is 4.79 Å². The van der Waals surface area contributed by atoms with Gasteiger partial charge in [0.1, 0.15) is 0 Å². The van der Waals surface area contributed by atoms with Gasteiger partial charge in [0.05, 0.1) is 12.5 Å². The van der Waals surface area contributed by atoms with Crippen LogP contribution in [0, 0.1) is 0 Å². The lowest BCUT2D eigenvalue weighted by molar-refractivity contribution is -0.132. The summed E-state index contributed by atoms with van der Waals surface area (Å²) in [6.07, 6.45) is 0.942. The molecular weight excluding hydrogens is 266 g/mol. The number of hydrogen-bond acceptors (Lipinski definition) is 4. The Morgan fingerprint density at radius 3 is 2.62 bits per heavy atom. The van der Waals surface area contributed by atoms with Crippen molar-refractivity contribution in [2.24, 2.45) is 5.73 Å². The van der Waals surface area contributed by atoms with Gasteiger partial charge in [-0.05, 0) is 18.5 Å². The van der Waals surface area contributed by atoms with Crippen LogP contribution in [-0.4, -0.2) is 66.7 Å². The van der Waals surface area contributed by atoms with Crippen molar-refractivity contribution in [3.63, 3.8) is 0 Å². The van der Waals surface area contributed by atoms with Gasteiger partial charge in [-0.15, -0.1) is 0 Å². The van der Waals surface area contributed by atoms with Crippen LogP contribution in [0.5, 0.6) is 0 Å². The van der Waals surface area contributed by atoms with Crippen LogP contribution in [0.3, 0.4) is 0 Å². The second kappa shape index (κ2) is 8.12. The van der Waals surface area contributed by atoms with Crippen LogP contribution in [0.25, 0.3) is 0 Å². The first-order valence-corrected chi connectivity index (χ1v) is 7.63. The zero-order chi connectivity index (χ0) is 15.1. The Morgan fingerprint density at radius 1 is 1.19 bits per heavy atom. The van der Waals surface area contributed by atoms with Gasteiger partial charge in [-0.3, -0.25) is 9.69 Å². The first-order valence-electron chi connectivity index (χ1n) is 7.63. The van der Waals surface area contributed by atoms with Crippen LogP contribution in [0.4, 0.5) is 0 Å². The summed E-state index contributed by atoms with van der Waals surface area (Å²) in [6, 6.07) is 9.75. The maximum absolute atomic E-state index is 12.7. The normalized spacial score (nSPS) is 18.3. The summed E-state index contributed by atoms with van der Waals surface area (Å²) in [5.74, 6) is -0.134. The van der Waals surface area contributed by atoms with Gasteiger partial charge in [-0.1, -0.05) is 30.3 Å². The molecule has 3 N–H and O–H groups in total. The Bertz CT molecular complexity index is 438. The minimum Gasteiger partial charge on any atom is -0.395 e. The van der Waals surface area contributed by atoms with Gasteiger partial charge in [-0.2, -0.15) is 0 Å². The average Bonchev–Trinajstić information content (AvgIpc) is 2.75. The monoisotopic (exact) mass is 291 g/mol. The van der Waals surface area contributed by atoms with Crippen LogP contribution in [0.2, 0.25) is 0 Å². The highest BCUT2D eigenvalue weighted by atomic mass is 16.3. The lowest BCUT2D eigenvalue weighted by Crippen LogP contribution is -2.40. The van der Waals surface area contributed by atoms with E-state index in [0.29, 0.717) is 19.6 Å². The van der Waals surface area contributed by atoms with Crippen molar-refractivity contribution in [2.75, 3.05) is 45.9 Å². The van der Waals surface area contributed by atoms with Gasteiger partial charge < -0.3 is 15.7 Å². The molecular formula is C16H25N3O2. The predicted octanol–water partition coefficient (Wildman–Crippen LogP) is 0.256. The molecule has 1 heterocycles. The highest BCUT2D eigenvalue weighted by molar-refractivity contribution is 5.84. The molecule has 0 saturated carbocycles. The second-order valence-electron chi connectivity index (χ2n) is 5.44. The summed E-state index contributed by atoms with van der Waals surface area (Å²) < 4.78 is 0. The summed E-state index contributed by atoms with van der Waals surface area (Å²) >= 11 is 0. The molecule has 1 aromatic rings. The number of aliphatic hydroxyl groups excluding tert-OH is 1. The molecule has 5 nitrogen and oxygen atoms in total. The van der Waals surface area contributed by atoms with Crippen molar-refractivity contribution in [2.45, 2.75) is 12.3 Å². The van der Waals surface area contributed by atoms with Gasteiger partial charge in [0.2, 0.25) is 5.91 Å². The topological polar surface area (TPSA) is 69.8 Å². The molecule has 1 atom stereocenters. The van der Waals surface area contributed by atoms with Gasteiger partial charge in [0.15, 0.2) is 0 Å². The Kier molecular flexibility index (Phi) is 6.17. The molecule has 1 aliphatic heterocycles. The molecule has 0 aliphatic carbocycles. The van der Waals surface area contributed by atoms with E-state index in [1.807, 2.05) is 35.2 Å². The Balaban J connectivity index is 2.01. The van der Waals surface area contributed by atoms with Crippen LogP contribution in [0.1, 0.15) is 17.9 Å². The fourth-order valence-electron chi connectivity index (χ4n) is 2.84. The number of rotatable bonds is 5. The number of carbonyl (C=O) groups excluding carboxylic acids is 1. The third kappa shape index (κ3) is 4.27. The number of carbonyl (C=O) groups is 1. The van der Waals surface area contributed by atoms with Crippen LogP contribution in [0.15, 0.2) is 30.3 Å². The molecule has 0 aromatic heterocycles. The molecule has 0 bridgehead atoms. The lowest BCUT2D eigenvalue weighted by atomic mass is 9.97. The van der Waals surface area contributed by atoms with Crippen LogP contribution >= 0.6 is 0 Å². The molecule has 1 unspecified atom stereocenters. The summed E-state index contributed by atoms with van der Waals surface area (Å²) in [5, 5.41) is 9.02. The van der Waals surface area contributed by atoms with Crippen molar-refractivity contribution in [3.8, 4) is 0 Å². The number of amides is 1. The molecule has 5 heteroatoms. The fourth-order valence-corrected chi connectivity index (χ4v) is 2.84. The lowest BCUT2D eigenvalue weighted by Gasteiger charge is -2.26. The fraction of sp³-hybridized carbons (Fsp3) is 0.562. The maximum atomic E-state index is 12.7. The molecule has 1 saturated heterocycles. The molecule has 1 amide bonds. The van der Waals surface area contributed by atoms with E-state index in [4.69, 9.17) is 10.8 Å². The van der Waals surface area contributed by atoms with Crippen molar-refractivity contribution < 1.29 is 9.90 Å². The van der Waals surface area contributed by atoms with Gasteiger partial charge >= 0.3 is 0 Å². The Morgan fingerprint density at radius 2 is 1.95 bits per heavy atom. The standard InChI is InChI=1S/C16H25N3O2/c17-13-15(14-5-2-1-3-6-14)16(21)19-8-4-7-18(9-10-19)11-12-20/h1-3,5-6,15,20H,4,7-13,17H2. The predicted molar refractivity (Wildman–Crippen MR) is 83.0 cm³/mol.